The smallest absolute Gasteiger partial charge is 0.124 e. The maximum Gasteiger partial charge on any atom is 0.124 e. The Labute approximate surface area is 416 Å². The number of benzene rings is 8. The largest absolute Gasteiger partial charge is 0.491 e. The van der Waals surface area contributed by atoms with Gasteiger partial charge in [-0.05, 0) is 68.1 Å². The molecule has 2 heterocycles. The summed E-state index contributed by atoms with van der Waals surface area (Å²) in [6, 6.07) is 73.0. The fraction of sp³-hybridized carbons (Fsp3) is 0.226. The van der Waals surface area contributed by atoms with E-state index in [1.54, 1.807) is 11.3 Å². The van der Waals surface area contributed by atoms with Gasteiger partial charge < -0.3 is 23.7 Å². The van der Waals surface area contributed by atoms with E-state index in [9.17, 15) is 0 Å². The van der Waals surface area contributed by atoms with Crippen molar-refractivity contribution in [3.05, 3.63) is 249 Å². The second-order valence-electron chi connectivity index (χ2n) is 17.9. The Morgan fingerprint density at radius 3 is 1.23 bits per heavy atom. The average Bonchev–Trinajstić information content (AvgIpc) is 3.87. The van der Waals surface area contributed by atoms with Crippen molar-refractivity contribution < 1.29 is 23.7 Å². The second-order valence-corrected chi connectivity index (χ2v) is 19.1. The van der Waals surface area contributed by atoms with Crippen LogP contribution in [-0.4, -0.2) is 49.4 Å². The lowest BCUT2D eigenvalue weighted by Crippen LogP contribution is -2.31. The molecule has 0 radical (unpaired) electrons. The summed E-state index contributed by atoms with van der Waals surface area (Å²) in [5.74, 6) is 1.71. The minimum Gasteiger partial charge on any atom is -0.491 e. The summed E-state index contributed by atoms with van der Waals surface area (Å²) in [6.45, 7) is 6.39. The van der Waals surface area contributed by atoms with Crippen molar-refractivity contribution in [2.75, 3.05) is 39.6 Å². The van der Waals surface area contributed by atoms with E-state index in [1.165, 1.54) is 53.6 Å². The molecule has 0 amide bonds. The normalized spacial score (nSPS) is 17.5. The van der Waals surface area contributed by atoms with Crippen molar-refractivity contribution in [1.29, 1.82) is 0 Å². The molecular formula is C62H60N2O5S. The maximum atomic E-state index is 6.77. The van der Waals surface area contributed by atoms with Crippen LogP contribution in [-0.2, 0) is 53.6 Å². The van der Waals surface area contributed by atoms with Crippen molar-refractivity contribution in [1.82, 2.24) is 9.80 Å². The lowest BCUT2D eigenvalue weighted by Gasteiger charge is -2.33. The van der Waals surface area contributed by atoms with Crippen LogP contribution in [0.25, 0.3) is 21.5 Å². The molecule has 9 aromatic rings. The summed E-state index contributed by atoms with van der Waals surface area (Å²) in [7, 11) is 0. The molecule has 0 unspecified atom stereocenters. The van der Waals surface area contributed by atoms with Crippen LogP contribution < -0.4 is 9.47 Å². The third-order valence-corrected chi connectivity index (χ3v) is 14.2. The molecule has 354 valence electrons. The summed E-state index contributed by atoms with van der Waals surface area (Å²) >= 11 is 1.76. The van der Waals surface area contributed by atoms with E-state index in [1.807, 2.05) is 0 Å². The summed E-state index contributed by atoms with van der Waals surface area (Å²) in [5, 5.41) is 4.69. The van der Waals surface area contributed by atoms with Gasteiger partial charge in [0.1, 0.15) is 24.7 Å². The SMILES string of the molecule is c1ccc(CN2Cc3c(ccc4ccccc34)OCCOCCOc3ccc4ccccc4c3CN(Cc3ccccc3)[C@H](c3ccccc3)COCc3ccc(s3)COC[C@H]2c2ccccc2)cc1. The van der Waals surface area contributed by atoms with Gasteiger partial charge in [0.2, 0.25) is 0 Å². The maximum absolute atomic E-state index is 6.77. The van der Waals surface area contributed by atoms with Gasteiger partial charge in [-0.15, -0.1) is 11.3 Å². The Morgan fingerprint density at radius 1 is 0.386 bits per heavy atom. The minimum atomic E-state index is -0.0465. The first-order valence-electron chi connectivity index (χ1n) is 24.5. The first-order chi connectivity index (χ1) is 34.7. The molecule has 70 heavy (non-hydrogen) atoms. The van der Waals surface area contributed by atoms with Gasteiger partial charge in [0, 0.05) is 47.1 Å². The Morgan fingerprint density at radius 2 is 0.786 bits per heavy atom. The third kappa shape index (κ3) is 12.0. The highest BCUT2D eigenvalue weighted by molar-refractivity contribution is 7.11. The number of ether oxygens (including phenoxy) is 5. The quantitative estimate of drug-likeness (QED) is 0.165. The van der Waals surface area contributed by atoms with Crippen LogP contribution >= 0.6 is 11.3 Å². The van der Waals surface area contributed by atoms with Crippen molar-refractivity contribution in [2.45, 2.75) is 51.5 Å². The monoisotopic (exact) mass is 944 g/mol. The molecule has 1 aliphatic rings. The highest BCUT2D eigenvalue weighted by Gasteiger charge is 2.26. The number of hydrogen-bond donors (Lipinski definition) is 0. The van der Waals surface area contributed by atoms with Gasteiger partial charge in [0.15, 0.2) is 0 Å². The van der Waals surface area contributed by atoms with E-state index < -0.39 is 0 Å². The predicted octanol–water partition coefficient (Wildman–Crippen LogP) is 13.8. The molecule has 2 atom stereocenters. The highest BCUT2D eigenvalue weighted by Crippen LogP contribution is 2.36. The Kier molecular flexibility index (Phi) is 16.0. The zero-order valence-electron chi connectivity index (χ0n) is 39.6. The number of thiophene rings is 1. The van der Waals surface area contributed by atoms with E-state index in [4.69, 9.17) is 23.7 Å². The molecule has 0 spiro atoms. The summed E-state index contributed by atoms with van der Waals surface area (Å²) < 4.78 is 33.2. The van der Waals surface area contributed by atoms with Crippen LogP contribution in [0.15, 0.2) is 206 Å². The lowest BCUT2D eigenvalue weighted by atomic mass is 10.00. The van der Waals surface area contributed by atoms with Crippen molar-refractivity contribution in [3.8, 4) is 11.5 Å². The number of rotatable bonds is 6. The van der Waals surface area contributed by atoms with E-state index in [2.05, 4.69) is 216 Å². The molecule has 8 heteroatoms. The molecule has 8 aromatic carbocycles. The highest BCUT2D eigenvalue weighted by atomic mass is 32.1. The van der Waals surface area contributed by atoms with Gasteiger partial charge in [-0.1, -0.05) is 182 Å². The first-order valence-corrected chi connectivity index (χ1v) is 25.3. The molecule has 0 saturated heterocycles. The standard InChI is InChI=1S/C62H60N2O5S/c1-5-17-47(18-6-1)39-63-41-57-55-27-15-13-21-49(55)29-33-61(57)68-37-35-65-36-38-69-62-34-30-50-22-14-16-28-56(50)58(62)42-64(40-48-19-7-2-8-20-48)60(52-25-11-4-12-26-52)46-67-44-54-32-31-53(70-54)43-66-45-59(63)51-23-9-3-10-24-51/h1-34,59-60H,35-46H2/t59-,60-/m0/s1. The molecule has 0 fully saturated rings. The molecule has 1 aromatic heterocycles. The van der Waals surface area contributed by atoms with Crippen molar-refractivity contribution in [3.63, 3.8) is 0 Å². The van der Waals surface area contributed by atoms with Crippen LogP contribution in [0, 0.1) is 0 Å². The molecule has 0 N–H and O–H groups in total. The van der Waals surface area contributed by atoms with Crippen LogP contribution in [0.5, 0.6) is 11.5 Å². The molecule has 0 saturated carbocycles. The Balaban J connectivity index is 0.981. The van der Waals surface area contributed by atoms with Gasteiger partial charge >= 0.3 is 0 Å². The zero-order valence-corrected chi connectivity index (χ0v) is 40.4. The van der Waals surface area contributed by atoms with Crippen LogP contribution in [0.3, 0.4) is 0 Å². The second kappa shape index (κ2) is 23.8. The summed E-state index contributed by atoms with van der Waals surface area (Å²) in [4.78, 5) is 7.41. The van der Waals surface area contributed by atoms with Crippen LogP contribution in [0.1, 0.15) is 55.2 Å². The van der Waals surface area contributed by atoms with Crippen molar-refractivity contribution in [2.24, 2.45) is 0 Å². The first kappa shape index (κ1) is 47.1. The summed E-state index contributed by atoms with van der Waals surface area (Å²) in [6.07, 6.45) is 0. The van der Waals surface area contributed by atoms with Gasteiger partial charge in [0.05, 0.1) is 51.7 Å². The van der Waals surface area contributed by atoms with Crippen LogP contribution in [0.4, 0.5) is 0 Å². The molecular weight excluding hydrogens is 885 g/mol. The minimum absolute atomic E-state index is 0.0465. The van der Waals surface area contributed by atoms with Gasteiger partial charge in [-0.3, -0.25) is 9.80 Å². The molecule has 2 bridgehead atoms. The predicted molar refractivity (Wildman–Crippen MR) is 283 cm³/mol. The molecule has 7 nitrogen and oxygen atoms in total. The Bertz CT molecular complexity index is 2820. The number of fused-ring (bicyclic) bond motifs is 8. The fourth-order valence-corrected chi connectivity index (χ4v) is 10.5. The van der Waals surface area contributed by atoms with E-state index >= 15 is 0 Å². The third-order valence-electron chi connectivity index (χ3n) is 13.2. The number of nitrogens with zero attached hydrogens (tertiary/aromatic N) is 2. The number of hydrogen-bond acceptors (Lipinski definition) is 8. The molecule has 1 aliphatic heterocycles. The van der Waals surface area contributed by atoms with E-state index in [0.29, 0.717) is 65.9 Å². The van der Waals surface area contributed by atoms with Crippen molar-refractivity contribution >= 4 is 32.9 Å². The average molecular weight is 945 g/mol. The van der Waals surface area contributed by atoms with Gasteiger partial charge in [-0.25, -0.2) is 0 Å². The molecule has 10 rings (SSSR count). The Hall–Kier alpha value is -6.62. The van der Waals surface area contributed by atoms with E-state index in [0.717, 1.165) is 35.7 Å². The zero-order chi connectivity index (χ0) is 47.2. The lowest BCUT2D eigenvalue weighted by molar-refractivity contribution is 0.0418. The van der Waals surface area contributed by atoms with Gasteiger partial charge in [0.25, 0.3) is 0 Å². The summed E-state index contributed by atoms with van der Waals surface area (Å²) in [5.41, 5.74) is 7.16. The van der Waals surface area contributed by atoms with Crippen LogP contribution in [0.2, 0.25) is 0 Å². The molecule has 0 aliphatic carbocycles. The van der Waals surface area contributed by atoms with Gasteiger partial charge in [-0.2, -0.15) is 0 Å². The topological polar surface area (TPSA) is 52.6 Å². The van der Waals surface area contributed by atoms with E-state index in [-0.39, 0.29) is 12.1 Å². The fourth-order valence-electron chi connectivity index (χ4n) is 9.64.